The lowest BCUT2D eigenvalue weighted by atomic mass is 10.2. The summed E-state index contributed by atoms with van der Waals surface area (Å²) >= 11 is 0. The molecule has 0 aromatic carbocycles. The molecule has 56 valence electrons. The lowest BCUT2D eigenvalue weighted by Gasteiger charge is -1.95. The highest BCUT2D eigenvalue weighted by molar-refractivity contribution is 5.05. The summed E-state index contributed by atoms with van der Waals surface area (Å²) in [6, 6.07) is 0. The van der Waals surface area contributed by atoms with Crippen molar-refractivity contribution in [1.29, 1.82) is 0 Å². The van der Waals surface area contributed by atoms with Gasteiger partial charge in [0.2, 0.25) is 0 Å². The molecule has 0 aromatic heterocycles. The fourth-order valence-electron chi connectivity index (χ4n) is 1.00. The molecule has 1 heterocycles. The van der Waals surface area contributed by atoms with Crippen LogP contribution in [0.15, 0.2) is 0 Å². The summed E-state index contributed by atoms with van der Waals surface area (Å²) in [5, 5.41) is 0. The minimum atomic E-state index is 0.256. The molecular weight excluding hydrogens is 124 g/mol. The molecule has 0 aliphatic carbocycles. The summed E-state index contributed by atoms with van der Waals surface area (Å²) in [6.45, 7) is 3.05. The van der Waals surface area contributed by atoms with Gasteiger partial charge in [-0.15, -0.1) is 5.92 Å². The minimum Gasteiger partial charge on any atom is -0.366 e. The molecule has 0 amide bonds. The molecule has 0 N–H and O–H groups in total. The average molecular weight is 138 g/mol. The fraction of sp³-hybridized carbons (Fsp3) is 0.778. The van der Waals surface area contributed by atoms with Crippen LogP contribution in [0.1, 0.15) is 32.6 Å². The van der Waals surface area contributed by atoms with Crippen molar-refractivity contribution in [1.82, 2.24) is 0 Å². The van der Waals surface area contributed by atoms with Gasteiger partial charge >= 0.3 is 0 Å². The largest absolute Gasteiger partial charge is 0.366 e. The molecule has 1 fully saturated rings. The maximum atomic E-state index is 5.33. The Kier molecular flexibility index (Phi) is 3.32. The van der Waals surface area contributed by atoms with Crippen LogP contribution < -0.4 is 0 Å². The fourth-order valence-corrected chi connectivity index (χ4v) is 1.00. The molecule has 0 aromatic rings. The highest BCUT2D eigenvalue weighted by Crippen LogP contribution is 2.10. The molecule has 0 bridgehead atoms. The molecule has 0 saturated carbocycles. The van der Waals surface area contributed by atoms with E-state index in [0.717, 1.165) is 25.9 Å². The van der Waals surface area contributed by atoms with Gasteiger partial charge in [-0.2, -0.15) is 0 Å². The van der Waals surface area contributed by atoms with Gasteiger partial charge in [0.1, 0.15) is 6.10 Å². The van der Waals surface area contributed by atoms with E-state index in [9.17, 15) is 0 Å². The van der Waals surface area contributed by atoms with Crippen molar-refractivity contribution >= 4 is 0 Å². The molecule has 1 nitrogen and oxygen atoms in total. The van der Waals surface area contributed by atoms with Gasteiger partial charge < -0.3 is 4.74 Å². The van der Waals surface area contributed by atoms with Crippen LogP contribution in [0, 0.1) is 11.8 Å². The van der Waals surface area contributed by atoms with Crippen molar-refractivity contribution in [3.05, 3.63) is 0 Å². The Balaban J connectivity index is 2.17. The first-order valence-corrected chi connectivity index (χ1v) is 4.03. The van der Waals surface area contributed by atoms with Gasteiger partial charge in [0.15, 0.2) is 0 Å². The monoisotopic (exact) mass is 138 g/mol. The molecule has 1 rings (SSSR count). The van der Waals surface area contributed by atoms with E-state index in [1.807, 2.05) is 0 Å². The highest BCUT2D eigenvalue weighted by atomic mass is 16.5. The van der Waals surface area contributed by atoms with Crippen LogP contribution in [0.25, 0.3) is 0 Å². The first-order chi connectivity index (χ1) is 4.93. The van der Waals surface area contributed by atoms with E-state index in [1.54, 1.807) is 0 Å². The summed E-state index contributed by atoms with van der Waals surface area (Å²) in [6.07, 6.45) is 4.74. The highest BCUT2D eigenvalue weighted by Gasteiger charge is 2.10. The first-order valence-electron chi connectivity index (χ1n) is 4.03. The van der Waals surface area contributed by atoms with Crippen molar-refractivity contribution in [2.24, 2.45) is 0 Å². The predicted molar refractivity (Wildman–Crippen MR) is 41.7 cm³/mol. The van der Waals surface area contributed by atoms with E-state index < -0.39 is 0 Å². The minimum absolute atomic E-state index is 0.256. The van der Waals surface area contributed by atoms with Crippen LogP contribution in [-0.4, -0.2) is 12.7 Å². The van der Waals surface area contributed by atoms with E-state index in [0.29, 0.717) is 0 Å². The zero-order valence-electron chi connectivity index (χ0n) is 6.52. The second-order valence-corrected chi connectivity index (χ2v) is 2.57. The van der Waals surface area contributed by atoms with Crippen molar-refractivity contribution < 1.29 is 4.74 Å². The van der Waals surface area contributed by atoms with Gasteiger partial charge in [-0.25, -0.2) is 0 Å². The zero-order chi connectivity index (χ0) is 7.23. The van der Waals surface area contributed by atoms with Gasteiger partial charge in [-0.1, -0.05) is 12.8 Å². The Hall–Kier alpha value is -0.480. The van der Waals surface area contributed by atoms with E-state index in [2.05, 4.69) is 18.8 Å². The third-order valence-electron chi connectivity index (χ3n) is 1.57. The Labute approximate surface area is 62.8 Å². The van der Waals surface area contributed by atoms with Crippen LogP contribution in [-0.2, 0) is 4.74 Å². The summed E-state index contributed by atoms with van der Waals surface area (Å²) in [5.74, 6) is 6.21. The van der Waals surface area contributed by atoms with Gasteiger partial charge in [0, 0.05) is 13.0 Å². The number of rotatable bonds is 1. The SMILES string of the molecule is CCCC#CC1CCCO1. The van der Waals surface area contributed by atoms with Crippen LogP contribution in [0.2, 0.25) is 0 Å². The second-order valence-electron chi connectivity index (χ2n) is 2.57. The molecule has 1 unspecified atom stereocenters. The van der Waals surface area contributed by atoms with Crippen molar-refractivity contribution in [3.8, 4) is 11.8 Å². The molecule has 1 heteroatoms. The molecule has 1 saturated heterocycles. The van der Waals surface area contributed by atoms with Gasteiger partial charge in [-0.05, 0) is 19.3 Å². The smallest absolute Gasteiger partial charge is 0.118 e. The summed E-state index contributed by atoms with van der Waals surface area (Å²) < 4.78 is 5.33. The van der Waals surface area contributed by atoms with Gasteiger partial charge in [-0.3, -0.25) is 0 Å². The number of hydrogen-bond donors (Lipinski definition) is 0. The van der Waals surface area contributed by atoms with E-state index in [4.69, 9.17) is 4.74 Å². The van der Waals surface area contributed by atoms with Gasteiger partial charge in [0.25, 0.3) is 0 Å². The molecule has 0 spiro atoms. The normalized spacial score (nSPS) is 23.9. The molecule has 1 aliphatic heterocycles. The molecular formula is C9H14O. The number of ether oxygens (including phenoxy) is 1. The summed E-state index contributed by atoms with van der Waals surface area (Å²) in [4.78, 5) is 0. The lowest BCUT2D eigenvalue weighted by molar-refractivity contribution is 0.152. The van der Waals surface area contributed by atoms with Crippen LogP contribution >= 0.6 is 0 Å². The number of hydrogen-bond acceptors (Lipinski definition) is 1. The third-order valence-corrected chi connectivity index (χ3v) is 1.57. The average Bonchev–Trinajstić information content (AvgIpc) is 2.41. The topological polar surface area (TPSA) is 9.23 Å². The van der Waals surface area contributed by atoms with Gasteiger partial charge in [0.05, 0.1) is 0 Å². The van der Waals surface area contributed by atoms with Crippen LogP contribution in [0.3, 0.4) is 0 Å². The van der Waals surface area contributed by atoms with Crippen molar-refractivity contribution in [3.63, 3.8) is 0 Å². The van der Waals surface area contributed by atoms with E-state index >= 15 is 0 Å². The van der Waals surface area contributed by atoms with Crippen molar-refractivity contribution in [2.75, 3.05) is 6.61 Å². The Morgan fingerprint density at radius 2 is 2.50 bits per heavy atom. The first kappa shape index (κ1) is 7.63. The Morgan fingerprint density at radius 3 is 3.10 bits per heavy atom. The quantitative estimate of drug-likeness (QED) is 0.503. The molecule has 0 radical (unpaired) electrons. The molecule has 1 atom stereocenters. The third kappa shape index (κ3) is 2.41. The Bertz CT molecular complexity index is 135. The standard InChI is InChI=1S/C9H14O/c1-2-3-4-6-9-7-5-8-10-9/h9H,2-3,5,7-8H2,1H3. The van der Waals surface area contributed by atoms with Crippen LogP contribution in [0.4, 0.5) is 0 Å². The molecule has 1 aliphatic rings. The maximum Gasteiger partial charge on any atom is 0.118 e. The van der Waals surface area contributed by atoms with Crippen LogP contribution in [0.5, 0.6) is 0 Å². The summed E-state index contributed by atoms with van der Waals surface area (Å²) in [7, 11) is 0. The number of unbranched alkanes of at least 4 members (excludes halogenated alkanes) is 1. The second kappa shape index (κ2) is 4.35. The summed E-state index contributed by atoms with van der Waals surface area (Å²) in [5.41, 5.74) is 0. The predicted octanol–water partition coefficient (Wildman–Crippen LogP) is 1.97. The lowest BCUT2D eigenvalue weighted by Crippen LogP contribution is -1.99. The maximum absolute atomic E-state index is 5.33. The molecule has 10 heavy (non-hydrogen) atoms. The zero-order valence-corrected chi connectivity index (χ0v) is 6.52. The van der Waals surface area contributed by atoms with E-state index in [1.165, 1.54) is 6.42 Å². The van der Waals surface area contributed by atoms with E-state index in [-0.39, 0.29) is 6.10 Å². The Morgan fingerprint density at radius 1 is 1.60 bits per heavy atom. The van der Waals surface area contributed by atoms with Crippen molar-refractivity contribution in [2.45, 2.75) is 38.7 Å².